The lowest BCUT2D eigenvalue weighted by Crippen LogP contribution is -2.22. The molecule has 0 atom stereocenters. The van der Waals surface area contributed by atoms with Gasteiger partial charge in [0.15, 0.2) is 5.78 Å². The molecule has 2 aromatic rings. The SMILES string of the molecule is CCc1nc2ccccc2c(=O)n1/N=C\C(C)=O. The van der Waals surface area contributed by atoms with Crippen LogP contribution in [0.2, 0.25) is 0 Å². The summed E-state index contributed by atoms with van der Waals surface area (Å²) in [6, 6.07) is 7.09. The predicted molar refractivity (Wildman–Crippen MR) is 70.0 cm³/mol. The van der Waals surface area contributed by atoms with Crippen LogP contribution in [0.25, 0.3) is 10.9 Å². The van der Waals surface area contributed by atoms with Crippen LogP contribution in [-0.4, -0.2) is 21.7 Å². The molecular formula is C13H13N3O2. The first-order valence-electron chi connectivity index (χ1n) is 5.69. The zero-order valence-corrected chi connectivity index (χ0v) is 10.3. The molecule has 0 fully saturated rings. The number of para-hydroxylation sites is 1. The zero-order chi connectivity index (χ0) is 13.1. The molecule has 1 aromatic heterocycles. The molecular weight excluding hydrogens is 230 g/mol. The van der Waals surface area contributed by atoms with Crippen molar-refractivity contribution in [3.8, 4) is 0 Å². The highest BCUT2D eigenvalue weighted by Gasteiger charge is 2.08. The molecule has 0 amide bonds. The summed E-state index contributed by atoms with van der Waals surface area (Å²) in [5.74, 6) is 0.327. The third kappa shape index (κ3) is 2.20. The Labute approximate surface area is 104 Å². The summed E-state index contributed by atoms with van der Waals surface area (Å²) in [7, 11) is 0. The number of aryl methyl sites for hydroxylation is 1. The number of nitrogens with zero attached hydrogens (tertiary/aromatic N) is 3. The minimum atomic E-state index is -0.255. The average molecular weight is 243 g/mol. The zero-order valence-electron chi connectivity index (χ0n) is 10.3. The molecule has 1 aromatic carbocycles. The monoisotopic (exact) mass is 243 g/mol. The molecule has 5 heteroatoms. The van der Waals surface area contributed by atoms with E-state index in [1.165, 1.54) is 11.6 Å². The molecule has 2 rings (SSSR count). The second kappa shape index (κ2) is 4.91. The molecule has 0 N–H and O–H groups in total. The van der Waals surface area contributed by atoms with Gasteiger partial charge >= 0.3 is 0 Å². The molecule has 5 nitrogen and oxygen atoms in total. The summed E-state index contributed by atoms with van der Waals surface area (Å²) in [6.07, 6.45) is 1.69. The van der Waals surface area contributed by atoms with Crippen molar-refractivity contribution >= 4 is 22.9 Å². The van der Waals surface area contributed by atoms with Gasteiger partial charge in [0.25, 0.3) is 5.56 Å². The number of ketones is 1. The van der Waals surface area contributed by atoms with Gasteiger partial charge in [0.1, 0.15) is 5.82 Å². The first-order valence-corrected chi connectivity index (χ1v) is 5.69. The maximum absolute atomic E-state index is 12.2. The summed E-state index contributed by atoms with van der Waals surface area (Å²) in [5, 5.41) is 4.39. The molecule has 0 saturated heterocycles. The van der Waals surface area contributed by atoms with Crippen LogP contribution >= 0.6 is 0 Å². The Kier molecular flexibility index (Phi) is 3.32. The molecule has 0 radical (unpaired) electrons. The maximum Gasteiger partial charge on any atom is 0.282 e. The Morgan fingerprint density at radius 1 is 1.44 bits per heavy atom. The lowest BCUT2D eigenvalue weighted by molar-refractivity contribution is -0.110. The number of aromatic nitrogens is 2. The first-order chi connectivity index (χ1) is 8.63. The summed E-state index contributed by atoms with van der Waals surface area (Å²) in [5.41, 5.74) is 0.392. The number of hydrogen-bond acceptors (Lipinski definition) is 4. The normalized spacial score (nSPS) is 11.2. The number of carbonyl (C=O) groups excluding carboxylic acids is 1. The third-order valence-electron chi connectivity index (χ3n) is 2.49. The summed E-state index contributed by atoms with van der Waals surface area (Å²) in [6.45, 7) is 3.27. The topological polar surface area (TPSA) is 64.3 Å². The fourth-order valence-corrected chi connectivity index (χ4v) is 1.66. The van der Waals surface area contributed by atoms with Crippen LogP contribution in [0.5, 0.6) is 0 Å². The minimum Gasteiger partial charge on any atom is -0.293 e. The van der Waals surface area contributed by atoms with Crippen LogP contribution in [0.4, 0.5) is 0 Å². The third-order valence-corrected chi connectivity index (χ3v) is 2.49. The van der Waals surface area contributed by atoms with Crippen LogP contribution in [-0.2, 0) is 11.2 Å². The highest BCUT2D eigenvalue weighted by Crippen LogP contribution is 2.07. The average Bonchev–Trinajstić information content (AvgIpc) is 2.37. The van der Waals surface area contributed by atoms with Crippen LogP contribution < -0.4 is 5.56 Å². The van der Waals surface area contributed by atoms with E-state index in [1.807, 2.05) is 13.0 Å². The van der Waals surface area contributed by atoms with Gasteiger partial charge in [-0.3, -0.25) is 9.59 Å². The van der Waals surface area contributed by atoms with Gasteiger partial charge < -0.3 is 0 Å². The molecule has 0 spiro atoms. The Morgan fingerprint density at radius 2 is 2.17 bits per heavy atom. The highest BCUT2D eigenvalue weighted by molar-refractivity contribution is 6.26. The van der Waals surface area contributed by atoms with Crippen molar-refractivity contribution < 1.29 is 4.79 Å². The number of benzene rings is 1. The van der Waals surface area contributed by atoms with Crippen molar-refractivity contribution in [3.63, 3.8) is 0 Å². The molecule has 0 aliphatic carbocycles. The van der Waals surface area contributed by atoms with Crippen molar-refractivity contribution in [2.75, 3.05) is 0 Å². The van der Waals surface area contributed by atoms with Crippen molar-refractivity contribution in [2.45, 2.75) is 20.3 Å². The maximum atomic E-state index is 12.2. The van der Waals surface area contributed by atoms with Gasteiger partial charge in [-0.25, -0.2) is 4.98 Å². The molecule has 0 aliphatic heterocycles. The van der Waals surface area contributed by atoms with Crippen LogP contribution in [0.3, 0.4) is 0 Å². The molecule has 18 heavy (non-hydrogen) atoms. The standard InChI is InChI=1S/C13H13N3O2/c1-3-12-15-11-7-5-4-6-10(11)13(18)16(12)14-8-9(2)17/h4-8H,3H2,1-2H3/b14-8-. The van der Waals surface area contributed by atoms with E-state index in [-0.39, 0.29) is 11.3 Å². The van der Waals surface area contributed by atoms with E-state index in [9.17, 15) is 9.59 Å². The van der Waals surface area contributed by atoms with Crippen molar-refractivity contribution in [3.05, 3.63) is 40.4 Å². The van der Waals surface area contributed by atoms with E-state index < -0.39 is 0 Å². The lowest BCUT2D eigenvalue weighted by atomic mass is 10.2. The van der Waals surface area contributed by atoms with Crippen LogP contribution in [0, 0.1) is 0 Å². The molecule has 0 bridgehead atoms. The van der Waals surface area contributed by atoms with Crippen molar-refractivity contribution in [1.29, 1.82) is 0 Å². The van der Waals surface area contributed by atoms with E-state index in [0.717, 1.165) is 6.21 Å². The predicted octanol–water partition coefficient (Wildman–Crippen LogP) is 1.38. The lowest BCUT2D eigenvalue weighted by Gasteiger charge is -2.06. The van der Waals surface area contributed by atoms with E-state index >= 15 is 0 Å². The van der Waals surface area contributed by atoms with E-state index in [0.29, 0.717) is 23.1 Å². The van der Waals surface area contributed by atoms with Gasteiger partial charge in [-0.15, -0.1) is 0 Å². The molecule has 0 aliphatic rings. The Bertz CT molecular complexity index is 686. The van der Waals surface area contributed by atoms with Gasteiger partial charge in [0.05, 0.1) is 17.1 Å². The number of rotatable bonds is 3. The first kappa shape index (κ1) is 12.2. The minimum absolute atomic E-state index is 0.211. The van der Waals surface area contributed by atoms with Crippen LogP contribution in [0.15, 0.2) is 34.2 Å². The Balaban J connectivity index is 2.74. The fraction of sp³-hybridized carbons (Fsp3) is 0.231. The van der Waals surface area contributed by atoms with Gasteiger partial charge in [-0.2, -0.15) is 9.78 Å². The number of Topliss-reactive ketones (excluding diaryl/α,β-unsaturated/α-hetero) is 1. The van der Waals surface area contributed by atoms with Crippen molar-refractivity contribution in [2.24, 2.45) is 5.10 Å². The second-order valence-corrected chi connectivity index (χ2v) is 3.87. The number of hydrogen-bond donors (Lipinski definition) is 0. The summed E-state index contributed by atoms with van der Waals surface area (Å²) >= 11 is 0. The van der Waals surface area contributed by atoms with Gasteiger partial charge in [-0.05, 0) is 12.1 Å². The molecule has 0 saturated carbocycles. The number of carbonyl (C=O) groups is 1. The number of fused-ring (bicyclic) bond motifs is 1. The van der Waals surface area contributed by atoms with Crippen LogP contribution in [0.1, 0.15) is 19.7 Å². The molecule has 0 unspecified atom stereocenters. The smallest absolute Gasteiger partial charge is 0.282 e. The van der Waals surface area contributed by atoms with E-state index in [2.05, 4.69) is 10.1 Å². The Morgan fingerprint density at radius 3 is 2.83 bits per heavy atom. The van der Waals surface area contributed by atoms with E-state index in [1.54, 1.807) is 18.2 Å². The van der Waals surface area contributed by atoms with Gasteiger partial charge in [0.2, 0.25) is 0 Å². The molecule has 1 heterocycles. The van der Waals surface area contributed by atoms with Crippen molar-refractivity contribution in [1.82, 2.24) is 9.66 Å². The quantitative estimate of drug-likeness (QED) is 0.765. The summed E-state index contributed by atoms with van der Waals surface area (Å²) < 4.78 is 1.18. The van der Waals surface area contributed by atoms with E-state index in [4.69, 9.17) is 0 Å². The summed E-state index contributed by atoms with van der Waals surface area (Å²) in [4.78, 5) is 27.5. The second-order valence-electron chi connectivity index (χ2n) is 3.87. The Hall–Kier alpha value is -2.30. The largest absolute Gasteiger partial charge is 0.293 e. The highest BCUT2D eigenvalue weighted by atomic mass is 16.1. The van der Waals surface area contributed by atoms with Gasteiger partial charge in [-0.1, -0.05) is 19.1 Å². The van der Waals surface area contributed by atoms with Gasteiger partial charge in [0, 0.05) is 13.3 Å². The molecule has 92 valence electrons. The fourth-order valence-electron chi connectivity index (χ4n) is 1.66.